The number of anilines is 2. The molecule has 5 rings (SSSR count). The van der Waals surface area contributed by atoms with Crippen LogP contribution < -0.4 is 15.0 Å². The molecule has 0 atom stereocenters. The van der Waals surface area contributed by atoms with E-state index < -0.39 is 11.9 Å². The number of nitrogens with zero attached hydrogens (tertiary/aromatic N) is 1. The highest BCUT2D eigenvalue weighted by Crippen LogP contribution is 2.34. The number of esters is 1. The van der Waals surface area contributed by atoms with Crippen LogP contribution in [0.15, 0.2) is 60.7 Å². The van der Waals surface area contributed by atoms with Crippen LogP contribution in [0.5, 0.6) is 5.75 Å². The molecule has 0 saturated carbocycles. The second kappa shape index (κ2) is 7.46. The molecule has 1 N–H and O–H groups in total. The zero-order valence-corrected chi connectivity index (χ0v) is 17.2. The van der Waals surface area contributed by atoms with Gasteiger partial charge in [-0.2, -0.15) is 0 Å². The van der Waals surface area contributed by atoms with Crippen LogP contribution in [0.1, 0.15) is 37.4 Å². The van der Waals surface area contributed by atoms with Gasteiger partial charge in [-0.3, -0.25) is 14.4 Å². The summed E-state index contributed by atoms with van der Waals surface area (Å²) in [4.78, 5) is 52.5. The average molecular weight is 426 g/mol. The van der Waals surface area contributed by atoms with Crippen LogP contribution in [-0.2, 0) is 9.59 Å². The average Bonchev–Trinajstić information content (AvgIpc) is 2.78. The number of ketones is 2. The van der Waals surface area contributed by atoms with Crippen molar-refractivity contribution in [2.24, 2.45) is 0 Å². The number of benzene rings is 3. The molecule has 7 heteroatoms. The summed E-state index contributed by atoms with van der Waals surface area (Å²) in [5.41, 5.74) is 2.99. The van der Waals surface area contributed by atoms with Crippen molar-refractivity contribution in [3.8, 4) is 5.75 Å². The van der Waals surface area contributed by atoms with E-state index in [1.807, 2.05) is 19.1 Å². The maximum atomic E-state index is 13.1. The Labute approximate surface area is 183 Å². The molecule has 0 radical (unpaired) electrons. The van der Waals surface area contributed by atoms with E-state index in [-0.39, 0.29) is 41.5 Å². The van der Waals surface area contributed by atoms with Crippen LogP contribution in [0.3, 0.4) is 0 Å². The van der Waals surface area contributed by atoms with E-state index >= 15 is 0 Å². The highest BCUT2D eigenvalue weighted by atomic mass is 16.5. The smallest absolute Gasteiger partial charge is 0.331 e. The van der Waals surface area contributed by atoms with E-state index in [0.29, 0.717) is 22.6 Å². The largest absolute Gasteiger partial charge is 0.423 e. The molecule has 158 valence electrons. The van der Waals surface area contributed by atoms with Gasteiger partial charge in [0.2, 0.25) is 5.91 Å². The fourth-order valence-electron chi connectivity index (χ4n) is 4.11. The van der Waals surface area contributed by atoms with Gasteiger partial charge in [0, 0.05) is 16.7 Å². The lowest BCUT2D eigenvalue weighted by Crippen LogP contribution is -2.41. The molecule has 3 aromatic rings. The minimum Gasteiger partial charge on any atom is -0.423 e. The molecule has 0 fully saturated rings. The topological polar surface area (TPSA) is 92.8 Å². The minimum atomic E-state index is -0.455. The lowest BCUT2D eigenvalue weighted by molar-refractivity contribution is -0.133. The molecule has 7 nitrogen and oxygen atoms in total. The van der Waals surface area contributed by atoms with E-state index in [1.165, 1.54) is 0 Å². The first-order chi connectivity index (χ1) is 15.4. The lowest BCUT2D eigenvalue weighted by Gasteiger charge is -2.29. The van der Waals surface area contributed by atoms with Crippen LogP contribution in [-0.4, -0.2) is 36.5 Å². The van der Waals surface area contributed by atoms with Crippen molar-refractivity contribution in [2.75, 3.05) is 23.3 Å². The molecule has 1 aliphatic carbocycles. The Kier molecular flexibility index (Phi) is 4.59. The molecular formula is C25H18N2O5. The lowest BCUT2D eigenvalue weighted by atomic mass is 9.83. The van der Waals surface area contributed by atoms with E-state index in [0.717, 1.165) is 5.56 Å². The highest BCUT2D eigenvalue weighted by Gasteiger charge is 2.32. The van der Waals surface area contributed by atoms with Gasteiger partial charge >= 0.3 is 5.97 Å². The minimum absolute atomic E-state index is 0.0679. The number of carbonyl (C=O) groups is 4. The molecule has 0 bridgehead atoms. The van der Waals surface area contributed by atoms with Gasteiger partial charge in [0.05, 0.1) is 23.5 Å². The molecule has 1 heterocycles. The van der Waals surface area contributed by atoms with Crippen molar-refractivity contribution >= 4 is 34.8 Å². The predicted molar refractivity (Wildman–Crippen MR) is 117 cm³/mol. The molecule has 1 amide bonds. The van der Waals surface area contributed by atoms with E-state index in [2.05, 4.69) is 5.32 Å². The number of nitrogens with one attached hydrogen (secondary N) is 1. The molecule has 32 heavy (non-hydrogen) atoms. The fraction of sp³-hybridized carbons (Fsp3) is 0.120. The Morgan fingerprint density at radius 2 is 1.66 bits per heavy atom. The summed E-state index contributed by atoms with van der Waals surface area (Å²) in [5.74, 6) is -1.04. The summed E-state index contributed by atoms with van der Waals surface area (Å²) in [5, 5.41) is 2.75. The summed E-state index contributed by atoms with van der Waals surface area (Å²) in [6.45, 7) is 1.72. The Morgan fingerprint density at radius 1 is 0.938 bits per heavy atom. The van der Waals surface area contributed by atoms with Gasteiger partial charge in [0.25, 0.3) is 0 Å². The summed E-state index contributed by atoms with van der Waals surface area (Å²) >= 11 is 0. The van der Waals surface area contributed by atoms with Gasteiger partial charge in [-0.15, -0.1) is 0 Å². The number of hydrogen-bond acceptors (Lipinski definition) is 6. The second-order valence-corrected chi connectivity index (χ2v) is 7.78. The van der Waals surface area contributed by atoms with Crippen LogP contribution in [0, 0.1) is 6.92 Å². The standard InChI is InChI=1S/C25H18N2O5/c1-14-9-10-20-19(11-14)27(13-22(29)32-20)12-21(28)26-18-8-4-7-17-23(18)25(31)16-6-3-2-5-15(16)24(17)30/h2-11H,12-13H2,1H3,(H,26,28). The first-order valence-electron chi connectivity index (χ1n) is 10.1. The van der Waals surface area contributed by atoms with Crippen molar-refractivity contribution in [3.63, 3.8) is 0 Å². The van der Waals surface area contributed by atoms with Crippen LogP contribution >= 0.6 is 0 Å². The SMILES string of the molecule is Cc1ccc2c(c1)N(CC(=O)Nc1cccc3c1C(=O)c1ccccc1C3=O)CC(=O)O2. The maximum Gasteiger partial charge on any atom is 0.331 e. The van der Waals surface area contributed by atoms with Gasteiger partial charge in [0.15, 0.2) is 17.3 Å². The van der Waals surface area contributed by atoms with Crippen LogP contribution in [0.25, 0.3) is 0 Å². The molecule has 0 aromatic heterocycles. The third-order valence-corrected chi connectivity index (χ3v) is 5.56. The number of rotatable bonds is 3. The monoisotopic (exact) mass is 426 g/mol. The number of amides is 1. The van der Waals surface area contributed by atoms with E-state index in [9.17, 15) is 19.2 Å². The third-order valence-electron chi connectivity index (χ3n) is 5.56. The van der Waals surface area contributed by atoms with Crippen molar-refractivity contribution in [1.82, 2.24) is 0 Å². The first kappa shape index (κ1) is 19.7. The van der Waals surface area contributed by atoms with Crippen LogP contribution in [0.4, 0.5) is 11.4 Å². The van der Waals surface area contributed by atoms with E-state index in [4.69, 9.17) is 4.74 Å². The first-order valence-corrected chi connectivity index (χ1v) is 10.1. The van der Waals surface area contributed by atoms with Gasteiger partial charge in [-0.1, -0.05) is 42.5 Å². The van der Waals surface area contributed by atoms with Gasteiger partial charge in [-0.05, 0) is 30.7 Å². The van der Waals surface area contributed by atoms with E-state index in [1.54, 1.807) is 53.4 Å². The third kappa shape index (κ3) is 3.24. The Bertz CT molecular complexity index is 1330. The summed E-state index contributed by atoms with van der Waals surface area (Å²) in [7, 11) is 0. The number of aryl methyl sites for hydroxylation is 1. The Hall–Kier alpha value is -4.26. The Morgan fingerprint density at radius 3 is 2.44 bits per heavy atom. The summed E-state index contributed by atoms with van der Waals surface area (Å²) in [6.07, 6.45) is 0. The molecule has 0 unspecified atom stereocenters. The maximum absolute atomic E-state index is 13.1. The summed E-state index contributed by atoms with van der Waals surface area (Å²) < 4.78 is 5.26. The van der Waals surface area contributed by atoms with Crippen molar-refractivity contribution in [3.05, 3.63) is 88.5 Å². The number of fused-ring (bicyclic) bond motifs is 3. The molecule has 1 aliphatic heterocycles. The quantitative estimate of drug-likeness (QED) is 0.400. The van der Waals surface area contributed by atoms with Gasteiger partial charge in [-0.25, -0.2) is 4.79 Å². The summed E-state index contributed by atoms with van der Waals surface area (Å²) in [6, 6.07) is 16.8. The molecule has 3 aromatic carbocycles. The van der Waals surface area contributed by atoms with Crippen molar-refractivity contribution in [1.29, 1.82) is 0 Å². The number of ether oxygens (including phenoxy) is 1. The van der Waals surface area contributed by atoms with Crippen molar-refractivity contribution in [2.45, 2.75) is 6.92 Å². The Balaban J connectivity index is 1.44. The predicted octanol–water partition coefficient (Wildman–Crippen LogP) is 3.13. The second-order valence-electron chi connectivity index (χ2n) is 7.78. The molecular weight excluding hydrogens is 408 g/mol. The molecule has 0 saturated heterocycles. The van der Waals surface area contributed by atoms with Crippen LogP contribution in [0.2, 0.25) is 0 Å². The zero-order valence-electron chi connectivity index (χ0n) is 17.2. The number of carbonyl (C=O) groups excluding carboxylic acids is 4. The molecule has 2 aliphatic rings. The highest BCUT2D eigenvalue weighted by molar-refractivity contribution is 6.30. The zero-order chi connectivity index (χ0) is 22.4. The fourth-order valence-corrected chi connectivity index (χ4v) is 4.11. The van der Waals surface area contributed by atoms with Gasteiger partial charge < -0.3 is 15.0 Å². The normalized spacial score (nSPS) is 14.3. The molecule has 0 spiro atoms. The van der Waals surface area contributed by atoms with Crippen molar-refractivity contribution < 1.29 is 23.9 Å². The number of hydrogen-bond donors (Lipinski definition) is 1. The van der Waals surface area contributed by atoms with Gasteiger partial charge in [0.1, 0.15) is 6.54 Å².